The molecule has 27 heavy (non-hydrogen) atoms. The summed E-state index contributed by atoms with van der Waals surface area (Å²) < 4.78 is 0. The van der Waals surface area contributed by atoms with Crippen molar-refractivity contribution in [1.82, 2.24) is 21.2 Å². The first-order valence-corrected chi connectivity index (χ1v) is 9.80. The first-order chi connectivity index (χ1) is 13.2. The molecule has 142 valence electrons. The molecule has 2 aliphatic heterocycles. The number of anilines is 1. The van der Waals surface area contributed by atoms with E-state index < -0.39 is 0 Å². The van der Waals surface area contributed by atoms with Gasteiger partial charge < -0.3 is 10.2 Å². The summed E-state index contributed by atoms with van der Waals surface area (Å²) in [4.78, 5) is 19.5. The van der Waals surface area contributed by atoms with Gasteiger partial charge in [0, 0.05) is 37.4 Å². The molecule has 0 bridgehead atoms. The normalized spacial score (nSPS) is 22.2. The van der Waals surface area contributed by atoms with Crippen LogP contribution in [-0.4, -0.2) is 30.5 Å². The van der Waals surface area contributed by atoms with E-state index in [-0.39, 0.29) is 17.9 Å². The number of carbonyl (C=O) groups excluding carboxylic acids is 1. The Hall–Kier alpha value is -2.15. The summed E-state index contributed by atoms with van der Waals surface area (Å²) in [7, 11) is 0. The summed E-state index contributed by atoms with van der Waals surface area (Å²) in [5.41, 5.74) is 8.42. The molecule has 1 amide bonds. The molecule has 2 fully saturated rings. The Labute approximate surface area is 164 Å². The molecule has 0 saturated carbocycles. The first-order valence-electron chi connectivity index (χ1n) is 9.42. The zero-order valence-electron chi connectivity index (χ0n) is 15.1. The summed E-state index contributed by atoms with van der Waals surface area (Å²) in [6.07, 6.45) is 4.26. The highest BCUT2D eigenvalue weighted by molar-refractivity contribution is 6.30. The van der Waals surface area contributed by atoms with Crippen molar-refractivity contribution in [3.63, 3.8) is 0 Å². The smallest absolute Gasteiger partial charge is 0.226 e. The van der Waals surface area contributed by atoms with Crippen molar-refractivity contribution in [3.05, 3.63) is 58.7 Å². The van der Waals surface area contributed by atoms with Crippen LogP contribution in [0.2, 0.25) is 5.02 Å². The highest BCUT2D eigenvalue weighted by atomic mass is 35.5. The Bertz CT molecular complexity index is 791. The Balaban J connectivity index is 1.38. The van der Waals surface area contributed by atoms with Gasteiger partial charge >= 0.3 is 0 Å². The lowest BCUT2D eigenvalue weighted by molar-refractivity contribution is -0.125. The minimum Gasteiger partial charge on any atom is -0.357 e. The van der Waals surface area contributed by atoms with Crippen molar-refractivity contribution in [2.75, 3.05) is 24.5 Å². The van der Waals surface area contributed by atoms with Gasteiger partial charge in [0.1, 0.15) is 5.82 Å². The number of hydrogen-bond donors (Lipinski definition) is 3. The predicted octanol–water partition coefficient (Wildman–Crippen LogP) is 2.42. The molecule has 2 unspecified atom stereocenters. The van der Waals surface area contributed by atoms with Gasteiger partial charge in [-0.3, -0.25) is 10.2 Å². The molecule has 2 aromatic rings. The fourth-order valence-electron chi connectivity index (χ4n) is 3.74. The van der Waals surface area contributed by atoms with Crippen LogP contribution in [-0.2, 0) is 11.3 Å². The summed E-state index contributed by atoms with van der Waals surface area (Å²) in [6.45, 7) is 3.22. The number of halogens is 1. The van der Waals surface area contributed by atoms with Crippen molar-refractivity contribution < 1.29 is 4.79 Å². The second-order valence-electron chi connectivity index (χ2n) is 7.10. The summed E-state index contributed by atoms with van der Waals surface area (Å²) >= 11 is 5.97. The van der Waals surface area contributed by atoms with E-state index >= 15 is 0 Å². The van der Waals surface area contributed by atoms with Crippen LogP contribution in [0.4, 0.5) is 5.82 Å². The molecule has 1 aromatic carbocycles. The third kappa shape index (κ3) is 4.24. The molecule has 1 aromatic heterocycles. The van der Waals surface area contributed by atoms with Gasteiger partial charge in [-0.1, -0.05) is 23.7 Å². The number of carbonyl (C=O) groups is 1. The van der Waals surface area contributed by atoms with Gasteiger partial charge in [-0.25, -0.2) is 10.4 Å². The van der Waals surface area contributed by atoms with Gasteiger partial charge in [0.05, 0.1) is 12.0 Å². The lowest BCUT2D eigenvalue weighted by Crippen LogP contribution is -2.34. The van der Waals surface area contributed by atoms with Gasteiger partial charge in [-0.05, 0) is 48.2 Å². The van der Waals surface area contributed by atoms with Crippen LogP contribution in [0.5, 0.6) is 0 Å². The topological polar surface area (TPSA) is 69.3 Å². The Kier molecular flexibility index (Phi) is 5.57. The molecular weight excluding hydrogens is 362 g/mol. The van der Waals surface area contributed by atoms with E-state index in [0.717, 1.165) is 30.0 Å². The maximum atomic E-state index is 12.8. The number of rotatable bonds is 5. The Morgan fingerprint density at radius 3 is 2.78 bits per heavy atom. The molecule has 2 aliphatic rings. The third-order valence-electron chi connectivity index (χ3n) is 5.25. The van der Waals surface area contributed by atoms with Crippen molar-refractivity contribution in [3.8, 4) is 0 Å². The van der Waals surface area contributed by atoms with Crippen molar-refractivity contribution in [2.24, 2.45) is 5.92 Å². The van der Waals surface area contributed by atoms with E-state index in [1.807, 2.05) is 36.5 Å². The second-order valence-corrected chi connectivity index (χ2v) is 7.53. The lowest BCUT2D eigenvalue weighted by atomic mass is 9.94. The van der Waals surface area contributed by atoms with Gasteiger partial charge in [-0.2, -0.15) is 0 Å². The van der Waals surface area contributed by atoms with Crippen LogP contribution in [0.15, 0.2) is 42.6 Å². The van der Waals surface area contributed by atoms with Gasteiger partial charge in [0.2, 0.25) is 5.91 Å². The number of hydrazine groups is 1. The average molecular weight is 386 g/mol. The maximum absolute atomic E-state index is 12.8. The van der Waals surface area contributed by atoms with E-state index in [2.05, 4.69) is 32.1 Å². The standard InChI is InChI=1S/C20H24ClN5O/c21-16-5-3-15(4-6-16)19-17(13-24-25-19)20(27)23-12-14-7-8-22-18(11-14)26-9-1-2-10-26/h3-8,11,17,19,24-25H,1-2,9-10,12-13H2,(H,23,27). The number of benzene rings is 1. The largest absolute Gasteiger partial charge is 0.357 e. The van der Waals surface area contributed by atoms with Gasteiger partial charge in [-0.15, -0.1) is 0 Å². The van der Waals surface area contributed by atoms with E-state index in [9.17, 15) is 4.79 Å². The van der Waals surface area contributed by atoms with E-state index in [0.29, 0.717) is 18.1 Å². The molecule has 0 radical (unpaired) electrons. The van der Waals surface area contributed by atoms with Crippen LogP contribution in [0.1, 0.15) is 30.0 Å². The number of nitrogens with zero attached hydrogens (tertiary/aromatic N) is 2. The maximum Gasteiger partial charge on any atom is 0.226 e. The molecule has 0 aliphatic carbocycles. The second kappa shape index (κ2) is 8.25. The van der Waals surface area contributed by atoms with Crippen molar-refractivity contribution in [2.45, 2.75) is 25.4 Å². The number of hydrogen-bond acceptors (Lipinski definition) is 5. The summed E-state index contributed by atoms with van der Waals surface area (Å²) in [6, 6.07) is 11.6. The number of nitrogens with one attached hydrogen (secondary N) is 3. The molecule has 0 spiro atoms. The fraction of sp³-hybridized carbons (Fsp3) is 0.400. The summed E-state index contributed by atoms with van der Waals surface area (Å²) in [5.74, 6) is 0.862. The van der Waals surface area contributed by atoms with Gasteiger partial charge in [0.25, 0.3) is 0 Å². The van der Waals surface area contributed by atoms with Crippen LogP contribution in [0, 0.1) is 5.92 Å². The van der Waals surface area contributed by atoms with E-state index in [1.54, 1.807) is 0 Å². The van der Waals surface area contributed by atoms with Crippen molar-refractivity contribution >= 4 is 23.3 Å². The van der Waals surface area contributed by atoms with Crippen LogP contribution in [0.25, 0.3) is 0 Å². The van der Waals surface area contributed by atoms with Crippen LogP contribution >= 0.6 is 11.6 Å². The minimum absolute atomic E-state index is 0.0342. The van der Waals surface area contributed by atoms with E-state index in [4.69, 9.17) is 11.6 Å². The molecule has 2 atom stereocenters. The summed E-state index contributed by atoms with van der Waals surface area (Å²) in [5, 5.41) is 3.77. The third-order valence-corrected chi connectivity index (χ3v) is 5.51. The van der Waals surface area contributed by atoms with E-state index in [1.165, 1.54) is 12.8 Å². The fourth-order valence-corrected chi connectivity index (χ4v) is 3.86. The van der Waals surface area contributed by atoms with Crippen LogP contribution < -0.4 is 21.1 Å². The molecule has 7 heteroatoms. The molecule has 4 rings (SSSR count). The lowest BCUT2D eigenvalue weighted by Gasteiger charge is -2.19. The highest BCUT2D eigenvalue weighted by Gasteiger charge is 2.33. The van der Waals surface area contributed by atoms with Crippen LogP contribution in [0.3, 0.4) is 0 Å². The number of aromatic nitrogens is 1. The molecule has 6 nitrogen and oxygen atoms in total. The Morgan fingerprint density at radius 1 is 1.22 bits per heavy atom. The zero-order chi connectivity index (χ0) is 18.6. The quantitative estimate of drug-likeness (QED) is 0.737. The van der Waals surface area contributed by atoms with Gasteiger partial charge in [0.15, 0.2) is 0 Å². The molecule has 2 saturated heterocycles. The zero-order valence-corrected chi connectivity index (χ0v) is 15.9. The highest BCUT2D eigenvalue weighted by Crippen LogP contribution is 2.26. The predicted molar refractivity (Wildman–Crippen MR) is 106 cm³/mol. The Morgan fingerprint density at radius 2 is 2.00 bits per heavy atom. The minimum atomic E-state index is -0.175. The first kappa shape index (κ1) is 18.2. The SMILES string of the molecule is O=C(NCc1ccnc(N2CCCC2)c1)C1CNNC1c1ccc(Cl)cc1. The molecule has 3 heterocycles. The monoisotopic (exact) mass is 385 g/mol. The number of pyridine rings is 1. The number of amides is 1. The molecular formula is C20H24ClN5O. The van der Waals surface area contributed by atoms with Crippen molar-refractivity contribution in [1.29, 1.82) is 0 Å². The average Bonchev–Trinajstić information content (AvgIpc) is 3.39. The molecule has 3 N–H and O–H groups in total.